The first-order chi connectivity index (χ1) is 9.40. The van der Waals surface area contributed by atoms with Gasteiger partial charge in [0.1, 0.15) is 0 Å². The molecule has 8 heteroatoms. The van der Waals surface area contributed by atoms with Crippen LogP contribution in [0.15, 0.2) is 12.3 Å². The van der Waals surface area contributed by atoms with Crippen LogP contribution in [0.2, 0.25) is 0 Å². The minimum atomic E-state index is -2.21. The van der Waals surface area contributed by atoms with Crippen molar-refractivity contribution in [3.05, 3.63) is 52.6 Å². The van der Waals surface area contributed by atoms with Crippen LogP contribution in [0, 0.1) is 29.1 Å². The molecule has 1 unspecified atom stereocenters. The molecule has 1 heterocycles. The molecule has 0 amide bonds. The number of aryl methyl sites for hydroxylation is 1. The van der Waals surface area contributed by atoms with Crippen LogP contribution in [-0.2, 0) is 6.54 Å². The van der Waals surface area contributed by atoms with Gasteiger partial charge in [-0.25, -0.2) is 22.0 Å². The second-order valence-corrected chi connectivity index (χ2v) is 4.03. The van der Waals surface area contributed by atoms with Crippen molar-refractivity contribution < 1.29 is 22.0 Å². The van der Waals surface area contributed by atoms with Crippen LogP contribution in [0.5, 0.6) is 0 Å². The first-order valence-corrected chi connectivity index (χ1v) is 5.68. The van der Waals surface area contributed by atoms with Crippen LogP contribution in [0.1, 0.15) is 24.2 Å². The van der Waals surface area contributed by atoms with E-state index in [0.717, 1.165) is 0 Å². The van der Waals surface area contributed by atoms with Gasteiger partial charge in [-0.1, -0.05) is 0 Å². The Morgan fingerprint density at radius 1 is 1.05 bits per heavy atom. The summed E-state index contributed by atoms with van der Waals surface area (Å²) in [7, 11) is 0. The SMILES string of the molecule is CCn1nccc1C(N)c1c(F)c(F)c(F)c(F)c1F. The molecule has 1 aromatic heterocycles. The van der Waals surface area contributed by atoms with Gasteiger partial charge in [0, 0.05) is 12.7 Å². The van der Waals surface area contributed by atoms with Gasteiger partial charge in [-0.2, -0.15) is 5.10 Å². The summed E-state index contributed by atoms with van der Waals surface area (Å²) >= 11 is 0. The van der Waals surface area contributed by atoms with Crippen molar-refractivity contribution in [1.82, 2.24) is 9.78 Å². The normalized spacial score (nSPS) is 12.8. The highest BCUT2D eigenvalue weighted by Gasteiger charge is 2.30. The second-order valence-electron chi connectivity index (χ2n) is 4.03. The third-order valence-electron chi connectivity index (χ3n) is 2.92. The quantitative estimate of drug-likeness (QED) is 0.537. The van der Waals surface area contributed by atoms with Crippen LogP contribution in [0.4, 0.5) is 22.0 Å². The van der Waals surface area contributed by atoms with Crippen LogP contribution in [-0.4, -0.2) is 9.78 Å². The zero-order valence-electron chi connectivity index (χ0n) is 10.3. The van der Waals surface area contributed by atoms with E-state index in [1.54, 1.807) is 6.92 Å². The summed E-state index contributed by atoms with van der Waals surface area (Å²) in [4.78, 5) is 0. The number of aromatic nitrogens is 2. The van der Waals surface area contributed by atoms with E-state index in [1.807, 2.05) is 0 Å². The smallest absolute Gasteiger partial charge is 0.200 e. The maximum Gasteiger partial charge on any atom is 0.200 e. The first kappa shape index (κ1) is 14.4. The van der Waals surface area contributed by atoms with Gasteiger partial charge in [-0.05, 0) is 13.0 Å². The fourth-order valence-electron chi connectivity index (χ4n) is 1.91. The highest BCUT2D eigenvalue weighted by Crippen LogP contribution is 2.29. The minimum Gasteiger partial charge on any atom is -0.319 e. The van der Waals surface area contributed by atoms with Gasteiger partial charge in [-0.15, -0.1) is 0 Å². The van der Waals surface area contributed by atoms with Crippen molar-refractivity contribution in [2.24, 2.45) is 5.73 Å². The summed E-state index contributed by atoms with van der Waals surface area (Å²) in [5.74, 6) is -10.1. The summed E-state index contributed by atoms with van der Waals surface area (Å²) in [5.41, 5.74) is 4.71. The fraction of sp³-hybridized carbons (Fsp3) is 0.250. The average molecular weight is 291 g/mol. The van der Waals surface area contributed by atoms with Gasteiger partial charge in [0.25, 0.3) is 0 Å². The molecular formula is C12H10F5N3. The Bertz CT molecular complexity index is 624. The van der Waals surface area contributed by atoms with Crippen LogP contribution in [0.25, 0.3) is 0 Å². The molecule has 0 aliphatic rings. The Balaban J connectivity index is 2.64. The molecular weight excluding hydrogens is 281 g/mol. The molecule has 1 atom stereocenters. The minimum absolute atomic E-state index is 0.149. The highest BCUT2D eigenvalue weighted by atomic mass is 19.2. The fourth-order valence-corrected chi connectivity index (χ4v) is 1.91. The molecule has 20 heavy (non-hydrogen) atoms. The van der Waals surface area contributed by atoms with E-state index in [2.05, 4.69) is 5.10 Å². The number of hydrogen-bond acceptors (Lipinski definition) is 2. The maximum atomic E-state index is 13.6. The molecule has 0 bridgehead atoms. The molecule has 2 aromatic rings. The number of hydrogen-bond donors (Lipinski definition) is 1. The first-order valence-electron chi connectivity index (χ1n) is 5.68. The summed E-state index contributed by atoms with van der Waals surface area (Å²) in [5, 5.41) is 3.83. The summed E-state index contributed by atoms with van der Waals surface area (Å²) in [6.45, 7) is 2.03. The van der Waals surface area contributed by atoms with Gasteiger partial charge in [0.15, 0.2) is 23.3 Å². The maximum absolute atomic E-state index is 13.6. The van der Waals surface area contributed by atoms with Crippen molar-refractivity contribution in [1.29, 1.82) is 0 Å². The highest BCUT2D eigenvalue weighted by molar-refractivity contribution is 5.32. The van der Waals surface area contributed by atoms with Gasteiger partial charge >= 0.3 is 0 Å². The standard InChI is InChI=1S/C12H10F5N3/c1-2-20-5(3-4-19-20)12(18)6-7(13)9(15)11(17)10(16)8(6)14/h3-4,12H,2,18H2,1H3. The van der Waals surface area contributed by atoms with Crippen molar-refractivity contribution in [2.45, 2.75) is 19.5 Å². The van der Waals surface area contributed by atoms with E-state index in [9.17, 15) is 22.0 Å². The number of halogens is 5. The molecule has 0 aliphatic heterocycles. The zero-order valence-corrected chi connectivity index (χ0v) is 10.3. The zero-order chi connectivity index (χ0) is 15.0. The van der Waals surface area contributed by atoms with Gasteiger partial charge in [0.05, 0.1) is 17.3 Å². The third-order valence-corrected chi connectivity index (χ3v) is 2.92. The molecule has 0 fully saturated rings. The molecule has 3 nitrogen and oxygen atoms in total. The number of nitrogens with two attached hydrogens (primary N) is 1. The number of rotatable bonds is 3. The molecule has 0 radical (unpaired) electrons. The Morgan fingerprint density at radius 3 is 2.05 bits per heavy atom. The molecule has 0 spiro atoms. The number of nitrogens with zero attached hydrogens (tertiary/aromatic N) is 2. The van der Waals surface area contributed by atoms with Gasteiger partial charge < -0.3 is 5.73 Å². The summed E-state index contributed by atoms with van der Waals surface area (Å²) < 4.78 is 67.9. The summed E-state index contributed by atoms with van der Waals surface area (Å²) in [6, 6.07) is -0.159. The van der Waals surface area contributed by atoms with E-state index in [4.69, 9.17) is 5.73 Å². The van der Waals surface area contributed by atoms with Crippen LogP contribution in [0.3, 0.4) is 0 Å². The second kappa shape index (κ2) is 5.20. The predicted octanol–water partition coefficient (Wildman–Crippen LogP) is 2.65. The van der Waals surface area contributed by atoms with Crippen LogP contribution >= 0.6 is 0 Å². The van der Waals surface area contributed by atoms with Crippen LogP contribution < -0.4 is 5.73 Å². The van der Waals surface area contributed by atoms with E-state index in [0.29, 0.717) is 6.54 Å². The molecule has 108 valence electrons. The Morgan fingerprint density at radius 2 is 1.55 bits per heavy atom. The Kier molecular flexibility index (Phi) is 3.76. The van der Waals surface area contributed by atoms with E-state index in [1.165, 1.54) is 16.9 Å². The lowest BCUT2D eigenvalue weighted by molar-refractivity contribution is 0.366. The molecule has 1 aromatic carbocycles. The lowest BCUT2D eigenvalue weighted by Gasteiger charge is -2.16. The van der Waals surface area contributed by atoms with Crippen molar-refractivity contribution in [2.75, 3.05) is 0 Å². The average Bonchev–Trinajstić information content (AvgIpc) is 2.91. The topological polar surface area (TPSA) is 43.8 Å². The Labute approximate surface area is 110 Å². The van der Waals surface area contributed by atoms with Gasteiger partial charge in [-0.3, -0.25) is 4.68 Å². The lowest BCUT2D eigenvalue weighted by Crippen LogP contribution is -2.22. The van der Waals surface area contributed by atoms with Crippen molar-refractivity contribution >= 4 is 0 Å². The monoisotopic (exact) mass is 291 g/mol. The molecule has 2 rings (SSSR count). The predicted molar refractivity (Wildman–Crippen MR) is 60.2 cm³/mol. The van der Waals surface area contributed by atoms with E-state index >= 15 is 0 Å². The molecule has 0 saturated carbocycles. The van der Waals surface area contributed by atoms with Crippen molar-refractivity contribution in [3.63, 3.8) is 0 Å². The third kappa shape index (κ3) is 2.05. The number of benzene rings is 1. The largest absolute Gasteiger partial charge is 0.319 e. The molecule has 0 saturated heterocycles. The summed E-state index contributed by atoms with van der Waals surface area (Å²) in [6.07, 6.45) is 1.32. The lowest BCUT2D eigenvalue weighted by atomic mass is 10.0. The van der Waals surface area contributed by atoms with Gasteiger partial charge in [0.2, 0.25) is 5.82 Å². The molecule has 2 N–H and O–H groups in total. The van der Waals surface area contributed by atoms with E-state index < -0.39 is 40.7 Å². The Hall–Kier alpha value is -1.96. The van der Waals surface area contributed by atoms with Crippen molar-refractivity contribution in [3.8, 4) is 0 Å². The molecule has 0 aliphatic carbocycles. The van der Waals surface area contributed by atoms with E-state index in [-0.39, 0.29) is 5.69 Å².